The molecule has 0 aromatic carbocycles. The summed E-state index contributed by atoms with van der Waals surface area (Å²) in [7, 11) is 0. The summed E-state index contributed by atoms with van der Waals surface area (Å²) in [6, 6.07) is 0. The first-order chi connectivity index (χ1) is 16.0. The third kappa shape index (κ3) is 12.0. The minimum absolute atomic E-state index is 0.0599. The lowest BCUT2D eigenvalue weighted by molar-refractivity contribution is -0.193. The number of ether oxygens (including phenoxy) is 1. The van der Waals surface area contributed by atoms with Crippen LogP contribution < -0.4 is 4.90 Å². The Kier molecular flexibility index (Phi) is 11.2. The van der Waals surface area contributed by atoms with Crippen LogP contribution in [0.15, 0.2) is 18.6 Å². The van der Waals surface area contributed by atoms with E-state index in [0.717, 1.165) is 44.5 Å². The summed E-state index contributed by atoms with van der Waals surface area (Å²) in [6.07, 6.45) is -2.43. The number of piperazine rings is 1. The van der Waals surface area contributed by atoms with Gasteiger partial charge >= 0.3 is 24.3 Å². The molecule has 1 unspecified atom stereocenters. The standard InChI is InChI=1S/C16H26N4O.2C2HF3O2/c1-16(2)11-14(3-10-21-16)13-19-6-8-20(9-7-19)15-12-17-4-5-18-15;2*3-2(4,5)1(6)7/h4-5,12,14H,3,6-11,13H2,1-2H3;2*(H,6,7). The molecule has 1 aromatic rings. The number of carboxylic acid groups (broad SMARTS) is 2. The van der Waals surface area contributed by atoms with Gasteiger partial charge in [0.05, 0.1) is 11.8 Å². The number of anilines is 1. The number of alkyl halides is 6. The molecule has 200 valence electrons. The third-order valence-corrected chi connectivity index (χ3v) is 5.05. The molecule has 2 N–H and O–H groups in total. The Bertz CT molecular complexity index is 775. The largest absolute Gasteiger partial charge is 0.490 e. The highest BCUT2D eigenvalue weighted by Gasteiger charge is 2.39. The summed E-state index contributed by atoms with van der Waals surface area (Å²) >= 11 is 0. The summed E-state index contributed by atoms with van der Waals surface area (Å²) in [4.78, 5) is 31.3. The van der Waals surface area contributed by atoms with Crippen molar-refractivity contribution >= 4 is 17.8 Å². The Labute approximate surface area is 197 Å². The number of rotatable bonds is 3. The predicted molar refractivity (Wildman–Crippen MR) is 111 cm³/mol. The molecule has 1 atom stereocenters. The van der Waals surface area contributed by atoms with Crippen LogP contribution in [0.4, 0.5) is 32.2 Å². The maximum absolute atomic E-state index is 10.6. The molecule has 0 aliphatic carbocycles. The molecule has 0 spiro atoms. The fourth-order valence-electron chi connectivity index (χ4n) is 3.49. The van der Waals surface area contributed by atoms with E-state index in [4.69, 9.17) is 24.5 Å². The number of carboxylic acids is 2. The molecule has 35 heavy (non-hydrogen) atoms. The van der Waals surface area contributed by atoms with E-state index in [2.05, 4.69) is 33.6 Å². The average molecular weight is 518 g/mol. The van der Waals surface area contributed by atoms with Gasteiger partial charge in [-0.2, -0.15) is 26.3 Å². The molecule has 0 saturated carbocycles. The fraction of sp³-hybridized carbons (Fsp3) is 0.700. The summed E-state index contributed by atoms with van der Waals surface area (Å²) in [5, 5.41) is 14.2. The van der Waals surface area contributed by atoms with Crippen LogP contribution in [0.3, 0.4) is 0 Å². The number of aromatic nitrogens is 2. The highest BCUT2D eigenvalue weighted by Crippen LogP contribution is 2.29. The van der Waals surface area contributed by atoms with Crippen molar-refractivity contribution in [2.24, 2.45) is 5.92 Å². The van der Waals surface area contributed by atoms with Gasteiger partial charge in [-0.05, 0) is 32.6 Å². The molecule has 3 heterocycles. The molecular formula is C20H28F6N4O5. The van der Waals surface area contributed by atoms with Gasteiger partial charge in [0.15, 0.2) is 0 Å². The highest BCUT2D eigenvalue weighted by atomic mass is 19.4. The highest BCUT2D eigenvalue weighted by molar-refractivity contribution is 5.73. The molecule has 3 rings (SSSR count). The van der Waals surface area contributed by atoms with E-state index < -0.39 is 24.3 Å². The van der Waals surface area contributed by atoms with E-state index in [1.165, 1.54) is 19.4 Å². The van der Waals surface area contributed by atoms with Gasteiger partial charge in [-0.3, -0.25) is 9.88 Å². The van der Waals surface area contributed by atoms with Gasteiger partial charge < -0.3 is 19.8 Å². The van der Waals surface area contributed by atoms with Gasteiger partial charge in [0, 0.05) is 51.7 Å². The number of hydrogen-bond acceptors (Lipinski definition) is 7. The van der Waals surface area contributed by atoms with Gasteiger partial charge in [-0.25, -0.2) is 14.6 Å². The van der Waals surface area contributed by atoms with Crippen LogP contribution in [0.2, 0.25) is 0 Å². The molecule has 0 amide bonds. The SMILES string of the molecule is CC1(C)CC(CN2CCN(c3cnccn3)CC2)CCO1.O=C(O)C(F)(F)F.O=C(O)C(F)(F)F. The van der Waals surface area contributed by atoms with Gasteiger partial charge in [-0.15, -0.1) is 0 Å². The number of aliphatic carboxylic acids is 2. The Morgan fingerprint density at radius 3 is 1.94 bits per heavy atom. The maximum Gasteiger partial charge on any atom is 0.490 e. The van der Waals surface area contributed by atoms with E-state index in [0.29, 0.717) is 0 Å². The molecule has 15 heteroatoms. The van der Waals surface area contributed by atoms with Crippen LogP contribution in [0.1, 0.15) is 26.7 Å². The van der Waals surface area contributed by atoms with Gasteiger partial charge in [-0.1, -0.05) is 0 Å². The second-order valence-corrected chi connectivity index (χ2v) is 8.42. The fourth-order valence-corrected chi connectivity index (χ4v) is 3.49. The van der Waals surface area contributed by atoms with E-state index in [-0.39, 0.29) is 5.60 Å². The zero-order chi connectivity index (χ0) is 26.9. The zero-order valence-corrected chi connectivity index (χ0v) is 19.1. The minimum Gasteiger partial charge on any atom is -0.475 e. The van der Waals surface area contributed by atoms with E-state index >= 15 is 0 Å². The zero-order valence-electron chi connectivity index (χ0n) is 19.1. The summed E-state index contributed by atoms with van der Waals surface area (Å²) < 4.78 is 69.3. The summed E-state index contributed by atoms with van der Waals surface area (Å²) in [6.45, 7) is 10.9. The smallest absolute Gasteiger partial charge is 0.475 e. The first kappa shape index (κ1) is 30.4. The van der Waals surface area contributed by atoms with E-state index in [1.54, 1.807) is 12.4 Å². The Morgan fingerprint density at radius 1 is 1.03 bits per heavy atom. The van der Waals surface area contributed by atoms with Gasteiger partial charge in [0.25, 0.3) is 0 Å². The van der Waals surface area contributed by atoms with Crippen molar-refractivity contribution in [3.05, 3.63) is 18.6 Å². The maximum atomic E-state index is 10.6. The monoisotopic (exact) mass is 518 g/mol. The lowest BCUT2D eigenvalue weighted by atomic mass is 9.88. The Hall–Kier alpha value is -2.68. The molecule has 2 aliphatic rings. The molecule has 2 aliphatic heterocycles. The Morgan fingerprint density at radius 2 is 1.54 bits per heavy atom. The van der Waals surface area contributed by atoms with Crippen molar-refractivity contribution in [2.45, 2.75) is 44.6 Å². The van der Waals surface area contributed by atoms with Crippen LogP contribution in [0.25, 0.3) is 0 Å². The molecular weight excluding hydrogens is 490 g/mol. The second-order valence-electron chi connectivity index (χ2n) is 8.42. The van der Waals surface area contributed by atoms with E-state index in [1.807, 2.05) is 6.20 Å². The quantitative estimate of drug-likeness (QED) is 0.583. The first-order valence-electron chi connectivity index (χ1n) is 10.5. The van der Waals surface area contributed by atoms with Crippen LogP contribution in [-0.4, -0.2) is 94.3 Å². The molecule has 2 fully saturated rings. The van der Waals surface area contributed by atoms with Gasteiger partial charge in [0.2, 0.25) is 0 Å². The normalized spacial score (nSPS) is 20.6. The van der Waals surface area contributed by atoms with Crippen molar-refractivity contribution < 1.29 is 50.9 Å². The molecule has 2 saturated heterocycles. The Balaban J connectivity index is 0.000000362. The number of nitrogens with zero attached hydrogens (tertiary/aromatic N) is 4. The second kappa shape index (κ2) is 12.9. The third-order valence-electron chi connectivity index (χ3n) is 5.05. The molecule has 0 bridgehead atoms. The van der Waals surface area contributed by atoms with Crippen LogP contribution in [-0.2, 0) is 14.3 Å². The number of hydrogen-bond donors (Lipinski definition) is 2. The predicted octanol–water partition coefficient (Wildman–Crippen LogP) is 3.07. The van der Waals surface area contributed by atoms with Crippen molar-refractivity contribution in [3.8, 4) is 0 Å². The van der Waals surface area contributed by atoms with Crippen molar-refractivity contribution in [1.82, 2.24) is 14.9 Å². The first-order valence-corrected chi connectivity index (χ1v) is 10.5. The average Bonchev–Trinajstić information content (AvgIpc) is 2.74. The van der Waals surface area contributed by atoms with Crippen LogP contribution in [0.5, 0.6) is 0 Å². The van der Waals surface area contributed by atoms with Crippen molar-refractivity contribution in [2.75, 3.05) is 44.2 Å². The van der Waals surface area contributed by atoms with Crippen LogP contribution >= 0.6 is 0 Å². The minimum atomic E-state index is -5.08. The lowest BCUT2D eigenvalue weighted by Crippen LogP contribution is -2.49. The topological polar surface area (TPSA) is 116 Å². The van der Waals surface area contributed by atoms with Gasteiger partial charge in [0.1, 0.15) is 5.82 Å². The molecule has 9 nitrogen and oxygen atoms in total. The summed E-state index contributed by atoms with van der Waals surface area (Å²) in [5.41, 5.74) is 0.0599. The van der Waals surface area contributed by atoms with Crippen molar-refractivity contribution in [3.63, 3.8) is 0 Å². The molecule has 1 aromatic heterocycles. The lowest BCUT2D eigenvalue weighted by Gasteiger charge is -2.40. The summed E-state index contributed by atoms with van der Waals surface area (Å²) in [5.74, 6) is -3.74. The van der Waals surface area contributed by atoms with Crippen LogP contribution in [0, 0.1) is 5.92 Å². The number of halogens is 6. The number of carbonyl (C=O) groups is 2. The molecule has 0 radical (unpaired) electrons. The van der Waals surface area contributed by atoms with Crippen molar-refractivity contribution in [1.29, 1.82) is 0 Å². The van der Waals surface area contributed by atoms with E-state index in [9.17, 15) is 26.3 Å².